The van der Waals surface area contributed by atoms with Gasteiger partial charge in [-0.3, -0.25) is 4.79 Å². The molecule has 10 heavy (non-hydrogen) atoms. The number of ketones is 1. The maximum Gasteiger partial charge on any atom is 0.138 e. The van der Waals surface area contributed by atoms with E-state index in [0.29, 0.717) is 18.1 Å². The van der Waals surface area contributed by atoms with E-state index in [9.17, 15) is 9.90 Å². The van der Waals surface area contributed by atoms with E-state index in [1.54, 1.807) is 0 Å². The van der Waals surface area contributed by atoms with Crippen molar-refractivity contribution in [2.75, 3.05) is 0 Å². The Bertz CT molecular complexity index is 165. The smallest absolute Gasteiger partial charge is 0.138 e. The van der Waals surface area contributed by atoms with Gasteiger partial charge < -0.3 is 5.11 Å². The van der Waals surface area contributed by atoms with Crippen LogP contribution in [0.5, 0.6) is 0 Å². The van der Waals surface area contributed by atoms with Crippen molar-refractivity contribution >= 4 is 5.78 Å². The Balaban J connectivity index is 2.17. The number of rotatable bonds is 0. The second kappa shape index (κ2) is 2.06. The van der Waals surface area contributed by atoms with Crippen LogP contribution in [0.3, 0.4) is 0 Å². The number of hydrogen-bond donors (Lipinski definition) is 1. The predicted molar refractivity (Wildman–Crippen MR) is 36.5 cm³/mol. The number of Topliss-reactive ketones (excluding diaryl/α,β-unsaturated/α-hetero) is 1. The van der Waals surface area contributed by atoms with Gasteiger partial charge in [0.15, 0.2) is 0 Å². The van der Waals surface area contributed by atoms with Crippen molar-refractivity contribution in [2.45, 2.75) is 31.8 Å². The van der Waals surface area contributed by atoms with Gasteiger partial charge in [0.25, 0.3) is 0 Å². The van der Waals surface area contributed by atoms with Gasteiger partial charge in [-0.2, -0.15) is 0 Å². The Hall–Kier alpha value is -0.370. The number of aliphatic hydroxyl groups excluding tert-OH is 1. The van der Waals surface area contributed by atoms with Crippen LogP contribution in [0, 0.1) is 11.8 Å². The second-order valence-corrected chi connectivity index (χ2v) is 3.52. The summed E-state index contributed by atoms with van der Waals surface area (Å²) in [7, 11) is 0. The third-order valence-electron chi connectivity index (χ3n) is 2.84. The first-order valence-corrected chi connectivity index (χ1v) is 3.98. The van der Waals surface area contributed by atoms with Crippen LogP contribution in [0.1, 0.15) is 25.7 Å². The van der Waals surface area contributed by atoms with E-state index >= 15 is 0 Å². The summed E-state index contributed by atoms with van der Waals surface area (Å²) in [4.78, 5) is 11.1. The van der Waals surface area contributed by atoms with Crippen LogP contribution in [0.2, 0.25) is 0 Å². The predicted octanol–water partition coefficient (Wildman–Crippen LogP) is 0.736. The van der Waals surface area contributed by atoms with Gasteiger partial charge in [-0.15, -0.1) is 0 Å². The highest BCUT2D eigenvalue weighted by Gasteiger charge is 2.40. The summed E-state index contributed by atoms with van der Waals surface area (Å²) >= 11 is 0. The lowest BCUT2D eigenvalue weighted by Gasteiger charge is -2.16. The zero-order valence-corrected chi connectivity index (χ0v) is 5.92. The molecule has 0 amide bonds. The minimum Gasteiger partial charge on any atom is -0.392 e. The quantitative estimate of drug-likeness (QED) is 0.538. The third-order valence-corrected chi connectivity index (χ3v) is 2.84. The molecule has 0 spiro atoms. The molecule has 0 aromatic carbocycles. The molecule has 2 aliphatic rings. The topological polar surface area (TPSA) is 37.3 Å². The molecular weight excluding hydrogens is 128 g/mol. The standard InChI is InChI=1S/C8H12O2/c9-7-2-1-5-3-6(7)8(10)4-5/h5-6,8,10H,1-4H2/t5-,6-,8+/m1/s1. The van der Waals surface area contributed by atoms with Crippen LogP contribution in [0.25, 0.3) is 0 Å². The van der Waals surface area contributed by atoms with Gasteiger partial charge in [0, 0.05) is 12.3 Å². The van der Waals surface area contributed by atoms with Gasteiger partial charge in [0.2, 0.25) is 0 Å². The van der Waals surface area contributed by atoms with E-state index in [2.05, 4.69) is 0 Å². The van der Waals surface area contributed by atoms with Crippen molar-refractivity contribution in [3.8, 4) is 0 Å². The van der Waals surface area contributed by atoms with Crippen LogP contribution >= 0.6 is 0 Å². The summed E-state index contributed by atoms with van der Waals surface area (Å²) in [6.45, 7) is 0. The van der Waals surface area contributed by atoms with Crippen LogP contribution < -0.4 is 0 Å². The Morgan fingerprint density at radius 3 is 2.90 bits per heavy atom. The molecular formula is C8H12O2. The minimum atomic E-state index is -0.306. The highest BCUT2D eigenvalue weighted by Crippen LogP contribution is 2.39. The molecule has 2 aliphatic carbocycles. The highest BCUT2D eigenvalue weighted by atomic mass is 16.3. The number of carbonyl (C=O) groups is 1. The van der Waals surface area contributed by atoms with Crippen LogP contribution in [0.4, 0.5) is 0 Å². The molecule has 2 nitrogen and oxygen atoms in total. The van der Waals surface area contributed by atoms with Gasteiger partial charge in [0.1, 0.15) is 5.78 Å². The molecule has 2 saturated carbocycles. The van der Waals surface area contributed by atoms with E-state index in [1.807, 2.05) is 0 Å². The molecule has 2 rings (SSSR count). The monoisotopic (exact) mass is 140 g/mol. The van der Waals surface area contributed by atoms with Crippen molar-refractivity contribution in [1.29, 1.82) is 0 Å². The molecule has 3 atom stereocenters. The average Bonchev–Trinajstić information content (AvgIpc) is 2.21. The summed E-state index contributed by atoms with van der Waals surface area (Å²) in [5, 5.41) is 9.35. The first kappa shape index (κ1) is 6.35. The van der Waals surface area contributed by atoms with E-state index in [4.69, 9.17) is 0 Å². The molecule has 0 saturated heterocycles. The van der Waals surface area contributed by atoms with Crippen molar-refractivity contribution in [1.82, 2.24) is 0 Å². The Morgan fingerprint density at radius 2 is 2.20 bits per heavy atom. The van der Waals surface area contributed by atoms with Gasteiger partial charge in [0.05, 0.1) is 6.10 Å². The lowest BCUT2D eigenvalue weighted by atomic mass is 9.88. The van der Waals surface area contributed by atoms with Gasteiger partial charge in [-0.1, -0.05) is 0 Å². The van der Waals surface area contributed by atoms with Crippen LogP contribution in [-0.2, 0) is 4.79 Å². The highest BCUT2D eigenvalue weighted by molar-refractivity contribution is 5.82. The average molecular weight is 140 g/mol. The molecule has 2 bridgehead atoms. The zero-order chi connectivity index (χ0) is 7.14. The summed E-state index contributed by atoms with van der Waals surface area (Å²) in [5.74, 6) is 0.956. The SMILES string of the molecule is O=C1CC[C@@H]2C[C@H]1[C@@H](O)C2. The van der Waals surface area contributed by atoms with E-state index in [0.717, 1.165) is 19.3 Å². The summed E-state index contributed by atoms with van der Waals surface area (Å²) < 4.78 is 0. The number of carbonyl (C=O) groups excluding carboxylic acids is 1. The first-order valence-electron chi connectivity index (χ1n) is 3.98. The second-order valence-electron chi connectivity index (χ2n) is 3.52. The molecule has 2 fully saturated rings. The molecule has 0 aromatic rings. The van der Waals surface area contributed by atoms with E-state index in [1.165, 1.54) is 0 Å². The normalized spacial score (nSPS) is 46.1. The fourth-order valence-corrected chi connectivity index (χ4v) is 2.23. The number of fused-ring (bicyclic) bond motifs is 2. The van der Waals surface area contributed by atoms with Crippen molar-refractivity contribution in [2.24, 2.45) is 11.8 Å². The lowest BCUT2D eigenvalue weighted by molar-refractivity contribution is -0.126. The molecule has 0 aromatic heterocycles. The zero-order valence-electron chi connectivity index (χ0n) is 5.92. The third kappa shape index (κ3) is 0.788. The lowest BCUT2D eigenvalue weighted by Crippen LogP contribution is -2.23. The Kier molecular flexibility index (Phi) is 1.31. The fraction of sp³-hybridized carbons (Fsp3) is 0.875. The largest absolute Gasteiger partial charge is 0.392 e. The van der Waals surface area contributed by atoms with Crippen molar-refractivity contribution < 1.29 is 9.90 Å². The van der Waals surface area contributed by atoms with Gasteiger partial charge in [-0.25, -0.2) is 0 Å². The fourth-order valence-electron chi connectivity index (χ4n) is 2.23. The Labute approximate surface area is 60.2 Å². The maximum atomic E-state index is 11.1. The maximum absolute atomic E-state index is 11.1. The molecule has 0 radical (unpaired) electrons. The molecule has 0 unspecified atom stereocenters. The number of hydrogen-bond acceptors (Lipinski definition) is 2. The van der Waals surface area contributed by atoms with Crippen LogP contribution in [-0.4, -0.2) is 17.0 Å². The van der Waals surface area contributed by atoms with Gasteiger partial charge >= 0.3 is 0 Å². The molecule has 56 valence electrons. The van der Waals surface area contributed by atoms with E-state index < -0.39 is 0 Å². The van der Waals surface area contributed by atoms with Crippen molar-refractivity contribution in [3.05, 3.63) is 0 Å². The summed E-state index contributed by atoms with van der Waals surface area (Å²) in [6, 6.07) is 0. The summed E-state index contributed by atoms with van der Waals surface area (Å²) in [6.07, 6.45) is 3.26. The molecule has 0 heterocycles. The minimum absolute atomic E-state index is 0.0127. The van der Waals surface area contributed by atoms with Crippen LogP contribution in [0.15, 0.2) is 0 Å². The molecule has 2 heteroatoms. The van der Waals surface area contributed by atoms with Crippen molar-refractivity contribution in [3.63, 3.8) is 0 Å². The molecule has 1 N–H and O–H groups in total. The Morgan fingerprint density at radius 1 is 1.40 bits per heavy atom. The first-order chi connectivity index (χ1) is 4.77. The van der Waals surface area contributed by atoms with E-state index in [-0.39, 0.29) is 12.0 Å². The number of aliphatic hydroxyl groups is 1. The van der Waals surface area contributed by atoms with Gasteiger partial charge in [-0.05, 0) is 25.2 Å². The molecule has 0 aliphatic heterocycles. The summed E-state index contributed by atoms with van der Waals surface area (Å²) in [5.41, 5.74) is 0.